The van der Waals surface area contributed by atoms with Crippen molar-refractivity contribution in [2.75, 3.05) is 5.32 Å². The third-order valence-electron chi connectivity index (χ3n) is 5.08. The third kappa shape index (κ3) is 3.39. The fourth-order valence-corrected chi connectivity index (χ4v) is 4.03. The number of carboxylic acids is 1. The Bertz CT molecular complexity index is 1080. The molecule has 1 aliphatic carbocycles. The molecule has 1 atom stereocenters. The highest BCUT2D eigenvalue weighted by atomic mass is 35.5. The molecule has 5 heteroatoms. The topological polar surface area (TPSA) is 66.4 Å². The minimum atomic E-state index is -0.811. The van der Waals surface area contributed by atoms with E-state index in [4.69, 9.17) is 16.7 Å². The largest absolute Gasteiger partial charge is 0.481 e. The Hall–Kier alpha value is -3.11. The molecule has 0 radical (unpaired) electrons. The minimum absolute atomic E-state index is 0.000495. The molecule has 3 aromatic rings. The number of amides is 1. The summed E-state index contributed by atoms with van der Waals surface area (Å²) < 4.78 is 0. The second-order valence-corrected chi connectivity index (χ2v) is 7.22. The van der Waals surface area contributed by atoms with Gasteiger partial charge in [0.2, 0.25) is 0 Å². The molecule has 0 aromatic heterocycles. The summed E-state index contributed by atoms with van der Waals surface area (Å²) in [5, 5.41) is 12.4. The molecule has 1 amide bonds. The SMILES string of the molecule is O=C(O)CCC1c2ccccc2-c2ccc(NC(=O)c3ccccc3Cl)cc21. The van der Waals surface area contributed by atoms with Crippen molar-refractivity contribution in [1.82, 2.24) is 0 Å². The van der Waals surface area contributed by atoms with Crippen molar-refractivity contribution in [1.29, 1.82) is 0 Å². The van der Waals surface area contributed by atoms with E-state index in [-0.39, 0.29) is 18.2 Å². The van der Waals surface area contributed by atoms with Gasteiger partial charge in [0, 0.05) is 18.0 Å². The zero-order valence-corrected chi connectivity index (χ0v) is 15.7. The van der Waals surface area contributed by atoms with E-state index in [9.17, 15) is 9.59 Å². The van der Waals surface area contributed by atoms with Crippen molar-refractivity contribution in [2.24, 2.45) is 0 Å². The molecule has 0 saturated carbocycles. The molecule has 0 spiro atoms. The Morgan fingerprint density at radius 3 is 2.43 bits per heavy atom. The van der Waals surface area contributed by atoms with Crippen LogP contribution in [0.1, 0.15) is 40.2 Å². The average molecular weight is 392 g/mol. The Morgan fingerprint density at radius 1 is 0.929 bits per heavy atom. The molecule has 140 valence electrons. The summed E-state index contributed by atoms with van der Waals surface area (Å²) >= 11 is 6.12. The van der Waals surface area contributed by atoms with Gasteiger partial charge in [-0.15, -0.1) is 0 Å². The van der Waals surface area contributed by atoms with Crippen molar-refractivity contribution < 1.29 is 14.7 Å². The van der Waals surface area contributed by atoms with Crippen LogP contribution in [-0.2, 0) is 4.79 Å². The fraction of sp³-hybridized carbons (Fsp3) is 0.130. The monoisotopic (exact) mass is 391 g/mol. The van der Waals surface area contributed by atoms with Crippen LogP contribution in [0.2, 0.25) is 5.02 Å². The van der Waals surface area contributed by atoms with E-state index in [2.05, 4.69) is 11.4 Å². The van der Waals surface area contributed by atoms with Crippen LogP contribution in [0, 0.1) is 0 Å². The number of carboxylic acid groups (broad SMARTS) is 1. The summed E-state index contributed by atoms with van der Waals surface area (Å²) in [5.74, 6) is -1.09. The first-order valence-corrected chi connectivity index (χ1v) is 9.43. The zero-order valence-electron chi connectivity index (χ0n) is 15.0. The van der Waals surface area contributed by atoms with Gasteiger partial charge in [-0.05, 0) is 52.9 Å². The van der Waals surface area contributed by atoms with E-state index in [1.165, 1.54) is 0 Å². The smallest absolute Gasteiger partial charge is 0.303 e. The van der Waals surface area contributed by atoms with E-state index in [1.807, 2.05) is 36.4 Å². The van der Waals surface area contributed by atoms with E-state index in [1.54, 1.807) is 24.3 Å². The number of anilines is 1. The standard InChI is InChI=1S/C23H18ClNO3/c24-21-8-4-3-7-19(21)23(28)25-14-9-10-17-15-5-1-2-6-16(15)18(20(17)13-14)11-12-22(26)27/h1-10,13,18H,11-12H2,(H,25,28)(H,26,27). The number of fused-ring (bicyclic) bond motifs is 3. The van der Waals surface area contributed by atoms with Crippen LogP contribution >= 0.6 is 11.6 Å². The van der Waals surface area contributed by atoms with E-state index < -0.39 is 5.97 Å². The van der Waals surface area contributed by atoms with Crippen molar-refractivity contribution in [3.8, 4) is 11.1 Å². The summed E-state index contributed by atoms with van der Waals surface area (Å²) in [5.41, 5.74) is 5.46. The average Bonchev–Trinajstić information content (AvgIpc) is 2.99. The molecule has 0 saturated heterocycles. The zero-order chi connectivity index (χ0) is 19.7. The molecule has 2 N–H and O–H groups in total. The van der Waals surface area contributed by atoms with Gasteiger partial charge in [0.05, 0.1) is 10.6 Å². The quantitative estimate of drug-likeness (QED) is 0.597. The van der Waals surface area contributed by atoms with Gasteiger partial charge in [0.15, 0.2) is 0 Å². The first kappa shape index (κ1) is 18.3. The Morgan fingerprint density at radius 2 is 1.64 bits per heavy atom. The molecule has 4 nitrogen and oxygen atoms in total. The summed E-state index contributed by atoms with van der Waals surface area (Å²) in [6.07, 6.45) is 0.607. The van der Waals surface area contributed by atoms with Crippen molar-refractivity contribution in [3.63, 3.8) is 0 Å². The van der Waals surface area contributed by atoms with Gasteiger partial charge in [-0.25, -0.2) is 0 Å². The number of hydrogen-bond donors (Lipinski definition) is 2. The molecule has 28 heavy (non-hydrogen) atoms. The Kier molecular flexibility index (Phi) is 4.88. The number of aliphatic carboxylic acids is 1. The summed E-state index contributed by atoms with van der Waals surface area (Å²) in [4.78, 5) is 23.7. The first-order valence-electron chi connectivity index (χ1n) is 9.05. The number of carbonyl (C=O) groups is 2. The molecule has 1 aliphatic rings. The molecular formula is C23H18ClNO3. The molecule has 0 aliphatic heterocycles. The van der Waals surface area contributed by atoms with E-state index in [0.717, 1.165) is 22.3 Å². The lowest BCUT2D eigenvalue weighted by Crippen LogP contribution is -2.12. The second kappa shape index (κ2) is 7.49. The molecule has 0 heterocycles. The maximum Gasteiger partial charge on any atom is 0.303 e. The van der Waals surface area contributed by atoms with Crippen molar-refractivity contribution in [3.05, 3.63) is 88.4 Å². The Balaban J connectivity index is 1.66. The summed E-state index contributed by atoms with van der Waals surface area (Å²) in [7, 11) is 0. The van der Waals surface area contributed by atoms with Crippen LogP contribution in [-0.4, -0.2) is 17.0 Å². The van der Waals surface area contributed by atoms with Gasteiger partial charge in [0.25, 0.3) is 5.91 Å². The predicted octanol–water partition coefficient (Wildman–Crippen LogP) is 5.57. The highest BCUT2D eigenvalue weighted by Crippen LogP contribution is 2.47. The number of nitrogens with one attached hydrogen (secondary N) is 1. The number of hydrogen-bond acceptors (Lipinski definition) is 2. The predicted molar refractivity (Wildman–Crippen MR) is 110 cm³/mol. The lowest BCUT2D eigenvalue weighted by atomic mass is 9.92. The van der Waals surface area contributed by atoms with Gasteiger partial charge in [-0.1, -0.05) is 54.1 Å². The lowest BCUT2D eigenvalue weighted by molar-refractivity contribution is -0.137. The van der Waals surface area contributed by atoms with Crippen LogP contribution < -0.4 is 5.32 Å². The van der Waals surface area contributed by atoms with Gasteiger partial charge < -0.3 is 10.4 Å². The highest BCUT2D eigenvalue weighted by Gasteiger charge is 2.29. The lowest BCUT2D eigenvalue weighted by Gasteiger charge is -2.14. The van der Waals surface area contributed by atoms with Gasteiger partial charge in [0.1, 0.15) is 0 Å². The van der Waals surface area contributed by atoms with E-state index in [0.29, 0.717) is 22.7 Å². The van der Waals surface area contributed by atoms with Crippen LogP contribution in [0.15, 0.2) is 66.7 Å². The van der Waals surface area contributed by atoms with Gasteiger partial charge in [-0.3, -0.25) is 9.59 Å². The van der Waals surface area contributed by atoms with Crippen LogP contribution in [0.3, 0.4) is 0 Å². The highest BCUT2D eigenvalue weighted by molar-refractivity contribution is 6.34. The van der Waals surface area contributed by atoms with Crippen LogP contribution in [0.5, 0.6) is 0 Å². The maximum atomic E-state index is 12.6. The second-order valence-electron chi connectivity index (χ2n) is 6.81. The minimum Gasteiger partial charge on any atom is -0.481 e. The Labute approximate surface area is 167 Å². The van der Waals surface area contributed by atoms with E-state index >= 15 is 0 Å². The molecule has 0 bridgehead atoms. The maximum absolute atomic E-state index is 12.6. The first-order chi connectivity index (χ1) is 13.5. The summed E-state index contributed by atoms with van der Waals surface area (Å²) in [6.45, 7) is 0. The van der Waals surface area contributed by atoms with Gasteiger partial charge in [-0.2, -0.15) is 0 Å². The number of rotatable bonds is 5. The number of benzene rings is 3. The molecule has 0 fully saturated rings. The molecule has 1 unspecified atom stereocenters. The summed E-state index contributed by atoms with van der Waals surface area (Å²) in [6, 6.07) is 20.7. The number of carbonyl (C=O) groups excluding carboxylic acids is 1. The van der Waals surface area contributed by atoms with Crippen LogP contribution in [0.4, 0.5) is 5.69 Å². The fourth-order valence-electron chi connectivity index (χ4n) is 3.81. The molecule has 3 aromatic carbocycles. The molecular weight excluding hydrogens is 374 g/mol. The molecule has 4 rings (SSSR count). The van der Waals surface area contributed by atoms with Crippen LogP contribution in [0.25, 0.3) is 11.1 Å². The number of halogens is 1. The van der Waals surface area contributed by atoms with Gasteiger partial charge >= 0.3 is 5.97 Å². The van der Waals surface area contributed by atoms with Crippen molar-refractivity contribution >= 4 is 29.2 Å². The van der Waals surface area contributed by atoms with Crippen molar-refractivity contribution in [2.45, 2.75) is 18.8 Å². The third-order valence-corrected chi connectivity index (χ3v) is 5.41. The normalized spacial score (nSPS) is 14.2.